The third-order valence-corrected chi connectivity index (χ3v) is 3.79. The van der Waals surface area contributed by atoms with Crippen molar-refractivity contribution in [3.05, 3.63) is 47.3 Å². The summed E-state index contributed by atoms with van der Waals surface area (Å²) in [5.41, 5.74) is 3.62. The molecular formula is C16H22ClN5O. The zero-order valence-corrected chi connectivity index (χ0v) is 13.9. The number of nitrogens with one attached hydrogen (secondary N) is 4. The van der Waals surface area contributed by atoms with E-state index in [1.807, 2.05) is 37.3 Å². The molecule has 0 saturated heterocycles. The van der Waals surface area contributed by atoms with Crippen LogP contribution in [0.15, 0.2) is 30.3 Å². The van der Waals surface area contributed by atoms with Crippen molar-refractivity contribution >= 4 is 24.0 Å². The Labute approximate surface area is 141 Å². The molecule has 0 bridgehead atoms. The Morgan fingerprint density at radius 1 is 1.35 bits per heavy atom. The van der Waals surface area contributed by atoms with Crippen LogP contribution in [0, 0.1) is 0 Å². The number of aromatic amines is 1. The normalized spacial score (nSPS) is 14.3. The second-order valence-corrected chi connectivity index (χ2v) is 5.58. The smallest absolute Gasteiger partial charge is 0.272 e. The first-order chi connectivity index (χ1) is 10.7. The molecule has 7 heteroatoms. The molecule has 0 fully saturated rings. The number of hydrogen-bond donors (Lipinski definition) is 4. The lowest BCUT2D eigenvalue weighted by Gasteiger charge is -2.16. The van der Waals surface area contributed by atoms with Crippen molar-refractivity contribution in [3.63, 3.8) is 0 Å². The Bertz CT molecular complexity index is 643. The van der Waals surface area contributed by atoms with Crippen LogP contribution in [0.5, 0.6) is 0 Å². The van der Waals surface area contributed by atoms with E-state index >= 15 is 0 Å². The number of carbonyl (C=O) groups excluding carboxylic acids is 1. The summed E-state index contributed by atoms with van der Waals surface area (Å²) in [7, 11) is 0. The topological polar surface area (TPSA) is 81.8 Å². The molecule has 0 aliphatic carbocycles. The monoisotopic (exact) mass is 335 g/mol. The predicted octanol–water partition coefficient (Wildman–Crippen LogP) is 1.71. The van der Waals surface area contributed by atoms with E-state index in [0.29, 0.717) is 18.8 Å². The number of halogens is 1. The van der Waals surface area contributed by atoms with Gasteiger partial charge in [0.15, 0.2) is 5.69 Å². The number of nitrogens with zero attached hydrogens (tertiary/aromatic N) is 1. The molecule has 1 atom stereocenters. The summed E-state index contributed by atoms with van der Waals surface area (Å²) in [6.45, 7) is 4.27. The van der Waals surface area contributed by atoms with E-state index in [-0.39, 0.29) is 24.4 Å². The Balaban J connectivity index is 0.00000192. The minimum Gasteiger partial charge on any atom is -0.383 e. The van der Waals surface area contributed by atoms with Gasteiger partial charge in [0.2, 0.25) is 0 Å². The molecule has 0 spiro atoms. The van der Waals surface area contributed by atoms with Crippen LogP contribution in [-0.2, 0) is 13.0 Å². The SMILES string of the molecule is CC(CNc1ccccc1)NC(=O)c1n[nH]c2c1CNCC2.Cl. The Morgan fingerprint density at radius 2 is 2.13 bits per heavy atom. The maximum Gasteiger partial charge on any atom is 0.272 e. The molecular weight excluding hydrogens is 314 g/mol. The van der Waals surface area contributed by atoms with Crippen molar-refractivity contribution in [1.82, 2.24) is 20.8 Å². The van der Waals surface area contributed by atoms with Gasteiger partial charge in [0.25, 0.3) is 5.91 Å². The quantitative estimate of drug-likeness (QED) is 0.670. The molecule has 6 nitrogen and oxygen atoms in total. The second kappa shape index (κ2) is 7.99. The van der Waals surface area contributed by atoms with Crippen molar-refractivity contribution in [1.29, 1.82) is 0 Å². The molecule has 3 rings (SSSR count). The number of para-hydroxylation sites is 1. The van der Waals surface area contributed by atoms with Crippen LogP contribution < -0.4 is 16.0 Å². The minimum absolute atomic E-state index is 0. The van der Waals surface area contributed by atoms with Crippen molar-refractivity contribution in [2.24, 2.45) is 0 Å². The summed E-state index contributed by atoms with van der Waals surface area (Å²) < 4.78 is 0. The van der Waals surface area contributed by atoms with Gasteiger partial charge in [-0.1, -0.05) is 18.2 Å². The van der Waals surface area contributed by atoms with Crippen molar-refractivity contribution in [3.8, 4) is 0 Å². The van der Waals surface area contributed by atoms with Gasteiger partial charge in [-0.3, -0.25) is 9.89 Å². The summed E-state index contributed by atoms with van der Waals surface area (Å²) in [5, 5.41) is 16.7. The van der Waals surface area contributed by atoms with Crippen LogP contribution in [0.25, 0.3) is 0 Å². The molecule has 0 radical (unpaired) electrons. The molecule has 2 aromatic rings. The van der Waals surface area contributed by atoms with E-state index < -0.39 is 0 Å². The van der Waals surface area contributed by atoms with Crippen LogP contribution in [0.2, 0.25) is 0 Å². The van der Waals surface area contributed by atoms with Crippen LogP contribution in [-0.4, -0.2) is 35.2 Å². The number of amides is 1. The number of hydrogen-bond acceptors (Lipinski definition) is 4. The average molecular weight is 336 g/mol. The number of fused-ring (bicyclic) bond motifs is 1. The average Bonchev–Trinajstić information content (AvgIpc) is 2.98. The molecule has 1 amide bonds. The summed E-state index contributed by atoms with van der Waals surface area (Å²) in [4.78, 5) is 12.4. The lowest BCUT2D eigenvalue weighted by atomic mass is 10.1. The van der Waals surface area contributed by atoms with Gasteiger partial charge in [-0.25, -0.2) is 0 Å². The van der Waals surface area contributed by atoms with Gasteiger partial charge in [-0.05, 0) is 19.1 Å². The maximum absolute atomic E-state index is 12.4. The summed E-state index contributed by atoms with van der Waals surface area (Å²) in [6, 6.07) is 9.96. The third-order valence-electron chi connectivity index (χ3n) is 3.79. The molecule has 2 heterocycles. The molecule has 23 heavy (non-hydrogen) atoms. The van der Waals surface area contributed by atoms with E-state index in [4.69, 9.17) is 0 Å². The van der Waals surface area contributed by atoms with E-state index in [1.165, 1.54) is 0 Å². The molecule has 1 unspecified atom stereocenters. The summed E-state index contributed by atoms with van der Waals surface area (Å²) >= 11 is 0. The van der Waals surface area contributed by atoms with Gasteiger partial charge in [0, 0.05) is 49.0 Å². The van der Waals surface area contributed by atoms with E-state index in [0.717, 1.165) is 29.9 Å². The highest BCUT2D eigenvalue weighted by Gasteiger charge is 2.22. The fourth-order valence-electron chi connectivity index (χ4n) is 2.58. The van der Waals surface area contributed by atoms with Gasteiger partial charge in [0.1, 0.15) is 0 Å². The lowest BCUT2D eigenvalue weighted by Crippen LogP contribution is -2.38. The Kier molecular flexibility index (Phi) is 6.01. The number of H-pyrrole nitrogens is 1. The zero-order chi connectivity index (χ0) is 15.4. The van der Waals surface area contributed by atoms with Gasteiger partial charge in [0.05, 0.1) is 0 Å². The summed E-state index contributed by atoms with van der Waals surface area (Å²) in [6.07, 6.45) is 0.890. The summed E-state index contributed by atoms with van der Waals surface area (Å²) in [5.74, 6) is -0.122. The van der Waals surface area contributed by atoms with Crippen molar-refractivity contribution < 1.29 is 4.79 Å². The number of rotatable bonds is 5. The van der Waals surface area contributed by atoms with Crippen molar-refractivity contribution in [2.45, 2.75) is 25.9 Å². The van der Waals surface area contributed by atoms with E-state index in [2.05, 4.69) is 26.1 Å². The molecule has 1 aromatic carbocycles. The predicted molar refractivity (Wildman–Crippen MR) is 93.1 cm³/mol. The standard InChI is InChI=1S/C16H21N5O.ClH/c1-11(9-18-12-5-3-2-4-6-12)19-16(22)15-13-10-17-8-7-14(13)20-21-15;/h2-6,11,17-18H,7-10H2,1H3,(H,19,22)(H,20,21);1H. The van der Waals surface area contributed by atoms with Gasteiger partial charge in [-0.2, -0.15) is 5.10 Å². The fraction of sp³-hybridized carbons (Fsp3) is 0.375. The first kappa shape index (κ1) is 17.3. The Hall–Kier alpha value is -2.05. The van der Waals surface area contributed by atoms with E-state index in [1.54, 1.807) is 0 Å². The third kappa shape index (κ3) is 4.24. The fourth-order valence-corrected chi connectivity index (χ4v) is 2.58. The van der Waals surface area contributed by atoms with Crippen LogP contribution in [0.3, 0.4) is 0 Å². The minimum atomic E-state index is -0.122. The van der Waals surface area contributed by atoms with Crippen molar-refractivity contribution in [2.75, 3.05) is 18.4 Å². The number of carbonyl (C=O) groups is 1. The number of benzene rings is 1. The second-order valence-electron chi connectivity index (χ2n) is 5.58. The van der Waals surface area contributed by atoms with Crippen LogP contribution >= 0.6 is 12.4 Å². The lowest BCUT2D eigenvalue weighted by molar-refractivity contribution is 0.0936. The first-order valence-corrected chi connectivity index (χ1v) is 7.60. The maximum atomic E-state index is 12.4. The van der Waals surface area contributed by atoms with Gasteiger partial charge >= 0.3 is 0 Å². The molecule has 1 aliphatic rings. The molecule has 124 valence electrons. The van der Waals surface area contributed by atoms with Crippen LogP contribution in [0.1, 0.15) is 28.7 Å². The van der Waals surface area contributed by atoms with Gasteiger partial charge < -0.3 is 16.0 Å². The number of anilines is 1. The Morgan fingerprint density at radius 3 is 2.91 bits per heavy atom. The molecule has 1 aromatic heterocycles. The number of aromatic nitrogens is 2. The molecule has 4 N–H and O–H groups in total. The largest absolute Gasteiger partial charge is 0.383 e. The highest BCUT2D eigenvalue weighted by molar-refractivity contribution is 5.94. The zero-order valence-electron chi connectivity index (χ0n) is 13.1. The molecule has 0 saturated carbocycles. The van der Waals surface area contributed by atoms with Crippen LogP contribution in [0.4, 0.5) is 5.69 Å². The van der Waals surface area contributed by atoms with Gasteiger partial charge in [-0.15, -0.1) is 12.4 Å². The van der Waals surface area contributed by atoms with E-state index in [9.17, 15) is 4.79 Å². The first-order valence-electron chi connectivity index (χ1n) is 7.60. The molecule has 1 aliphatic heterocycles. The highest BCUT2D eigenvalue weighted by Crippen LogP contribution is 2.15. The highest BCUT2D eigenvalue weighted by atomic mass is 35.5.